The van der Waals surface area contributed by atoms with E-state index in [0.29, 0.717) is 10.6 Å². The number of aromatic nitrogens is 1. The first kappa shape index (κ1) is 24.9. The molecule has 1 saturated heterocycles. The van der Waals surface area contributed by atoms with E-state index in [1.54, 1.807) is 13.1 Å². The Kier molecular flexibility index (Phi) is 6.45. The fraction of sp³-hybridized carbons (Fsp3) is 0.391. The number of likely N-dealkylation sites (tertiary alicyclic amines) is 1. The number of carbonyl (C=O) groups excluding carboxylic acids is 1. The van der Waals surface area contributed by atoms with E-state index in [-0.39, 0.29) is 23.7 Å². The molecule has 1 aromatic heterocycles. The molecule has 2 unspecified atom stereocenters. The molecule has 0 aliphatic carbocycles. The number of aliphatic imine (C=N–C) groups is 1. The smallest absolute Gasteiger partial charge is 0.338 e. The number of ether oxygens (including phenoxy) is 1. The highest BCUT2D eigenvalue weighted by molar-refractivity contribution is 7.13. The van der Waals surface area contributed by atoms with E-state index in [2.05, 4.69) is 10.3 Å². The van der Waals surface area contributed by atoms with Crippen LogP contribution in [-0.4, -0.2) is 64.9 Å². The molecule has 2 atom stereocenters. The fourth-order valence-corrected chi connectivity index (χ4v) is 5.10. The van der Waals surface area contributed by atoms with Gasteiger partial charge in [0.1, 0.15) is 17.4 Å². The second kappa shape index (κ2) is 9.08. The second-order valence-corrected chi connectivity index (χ2v) is 9.84. The summed E-state index contributed by atoms with van der Waals surface area (Å²) in [5.41, 5.74) is -0.795. The Morgan fingerprint density at radius 2 is 2.00 bits per heavy atom. The summed E-state index contributed by atoms with van der Waals surface area (Å²) in [6.07, 6.45) is 0.797. The van der Waals surface area contributed by atoms with Crippen LogP contribution in [0.2, 0.25) is 0 Å². The van der Waals surface area contributed by atoms with Crippen LogP contribution in [0.1, 0.15) is 28.8 Å². The quantitative estimate of drug-likeness (QED) is 0.578. The van der Waals surface area contributed by atoms with Gasteiger partial charge in [0.15, 0.2) is 10.8 Å². The molecule has 0 amide bonds. The molecule has 8 nitrogen and oxygen atoms in total. The zero-order valence-corrected chi connectivity index (χ0v) is 20.0. The topological polar surface area (TPSA) is 104 Å². The predicted molar refractivity (Wildman–Crippen MR) is 122 cm³/mol. The summed E-state index contributed by atoms with van der Waals surface area (Å²) in [6, 6.07) is 3.95. The number of thiazole rings is 1. The third-order valence-corrected chi connectivity index (χ3v) is 6.95. The molecule has 35 heavy (non-hydrogen) atoms. The van der Waals surface area contributed by atoms with Crippen molar-refractivity contribution in [2.75, 3.05) is 20.2 Å². The molecule has 1 aromatic carbocycles. The maximum absolute atomic E-state index is 14.2. The van der Waals surface area contributed by atoms with E-state index in [9.17, 15) is 27.9 Å². The number of methoxy groups -OCH3 is 1. The molecule has 0 spiro atoms. The number of aryl methyl sites for hydroxylation is 1. The minimum atomic E-state index is -3.20. The summed E-state index contributed by atoms with van der Waals surface area (Å²) < 4.78 is 47.1. The molecule has 2 N–H and O–H groups in total. The molecule has 2 aliphatic heterocycles. The van der Waals surface area contributed by atoms with Gasteiger partial charge >= 0.3 is 11.9 Å². The van der Waals surface area contributed by atoms with Gasteiger partial charge in [-0.3, -0.25) is 9.69 Å². The highest BCUT2D eigenvalue weighted by atomic mass is 32.1. The lowest BCUT2D eigenvalue weighted by Gasteiger charge is -2.36. The molecule has 4 rings (SSSR count). The van der Waals surface area contributed by atoms with Crippen molar-refractivity contribution in [1.82, 2.24) is 15.2 Å². The van der Waals surface area contributed by atoms with Gasteiger partial charge in [0, 0.05) is 29.7 Å². The van der Waals surface area contributed by atoms with Crippen molar-refractivity contribution in [2.45, 2.75) is 37.8 Å². The zero-order valence-electron chi connectivity index (χ0n) is 19.1. The number of halogens is 3. The summed E-state index contributed by atoms with van der Waals surface area (Å²) in [5, 5.41) is 13.0. The average Bonchev–Trinajstić information content (AvgIpc) is 3.35. The molecule has 186 valence electrons. The Labute approximate surface area is 203 Å². The number of carboxylic acids is 1. The number of hydrogen-bond acceptors (Lipinski definition) is 8. The Bertz CT molecular complexity index is 1230. The summed E-state index contributed by atoms with van der Waals surface area (Å²) >= 11 is 1.33. The first-order chi connectivity index (χ1) is 16.4. The number of aliphatic carboxylic acids is 1. The number of hydrogen-bond donors (Lipinski definition) is 2. The Morgan fingerprint density at radius 3 is 2.57 bits per heavy atom. The van der Waals surface area contributed by atoms with Crippen LogP contribution in [0.3, 0.4) is 0 Å². The molecule has 1 fully saturated rings. The fourth-order valence-electron chi connectivity index (χ4n) is 4.39. The van der Waals surface area contributed by atoms with Gasteiger partial charge in [0.2, 0.25) is 0 Å². The van der Waals surface area contributed by atoms with Crippen LogP contribution < -0.4 is 5.32 Å². The van der Waals surface area contributed by atoms with E-state index < -0.39 is 48.2 Å². The van der Waals surface area contributed by atoms with Gasteiger partial charge in [0.05, 0.1) is 19.2 Å². The van der Waals surface area contributed by atoms with E-state index in [0.717, 1.165) is 9.78 Å². The molecule has 0 saturated carbocycles. The maximum Gasteiger partial charge on any atom is 0.338 e. The molecule has 3 heterocycles. The summed E-state index contributed by atoms with van der Waals surface area (Å²) in [7, 11) is 1.17. The summed E-state index contributed by atoms with van der Waals surface area (Å²) in [6.45, 7) is 2.38. The maximum atomic E-state index is 14.2. The van der Waals surface area contributed by atoms with Gasteiger partial charge in [-0.2, -0.15) is 0 Å². The predicted octanol–water partition coefficient (Wildman–Crippen LogP) is 3.08. The van der Waals surface area contributed by atoms with Crippen LogP contribution in [0.4, 0.5) is 13.2 Å². The highest BCUT2D eigenvalue weighted by Gasteiger charge is 2.50. The lowest BCUT2D eigenvalue weighted by molar-refractivity contribution is -0.142. The van der Waals surface area contributed by atoms with E-state index in [1.807, 2.05) is 6.92 Å². The van der Waals surface area contributed by atoms with Crippen molar-refractivity contribution < 1.29 is 32.6 Å². The number of benzene rings is 1. The number of rotatable bonds is 6. The van der Waals surface area contributed by atoms with Crippen molar-refractivity contribution in [3.8, 4) is 0 Å². The van der Waals surface area contributed by atoms with Crippen molar-refractivity contribution in [3.63, 3.8) is 0 Å². The lowest BCUT2D eigenvalue weighted by Crippen LogP contribution is -2.46. The van der Waals surface area contributed by atoms with Gasteiger partial charge in [-0.25, -0.2) is 27.9 Å². The third-order valence-electron chi connectivity index (χ3n) is 6.03. The first-order valence-electron chi connectivity index (χ1n) is 10.7. The largest absolute Gasteiger partial charge is 0.480 e. The molecule has 0 bridgehead atoms. The Hall–Kier alpha value is -3.25. The van der Waals surface area contributed by atoms with Gasteiger partial charge in [-0.1, -0.05) is 12.1 Å². The number of nitrogens with one attached hydrogen (secondary N) is 1. The number of amidine groups is 1. The minimum Gasteiger partial charge on any atom is -0.480 e. The van der Waals surface area contributed by atoms with Gasteiger partial charge in [0.25, 0.3) is 5.92 Å². The molecular weight excluding hydrogens is 485 g/mol. The third kappa shape index (κ3) is 4.80. The molecule has 12 heteroatoms. The van der Waals surface area contributed by atoms with E-state index in [1.165, 1.54) is 42.7 Å². The average molecular weight is 509 g/mol. The van der Waals surface area contributed by atoms with Gasteiger partial charge < -0.3 is 15.2 Å². The number of nitrogens with zero attached hydrogens (tertiary/aromatic N) is 3. The summed E-state index contributed by atoms with van der Waals surface area (Å²) in [4.78, 5) is 35.8. The Morgan fingerprint density at radius 1 is 1.31 bits per heavy atom. The first-order valence-corrected chi connectivity index (χ1v) is 11.5. The van der Waals surface area contributed by atoms with E-state index in [4.69, 9.17) is 9.73 Å². The van der Waals surface area contributed by atoms with E-state index >= 15 is 0 Å². The molecule has 2 aliphatic rings. The van der Waals surface area contributed by atoms with Gasteiger partial charge in [-0.15, -0.1) is 11.3 Å². The van der Waals surface area contributed by atoms with Crippen LogP contribution in [0.5, 0.6) is 0 Å². The molecule has 2 aromatic rings. The van der Waals surface area contributed by atoms with Crippen LogP contribution in [0, 0.1) is 12.7 Å². The zero-order chi connectivity index (χ0) is 25.5. The standard InChI is InChI=1S/C23H23F3N4O4S/c1-12-9-27-19(35-12)18-28-15(10-30-11-23(25,26)8-16(30)20(31)32)17(21(33)34-3)22(2,29-18)13-4-6-14(24)7-5-13/h4-7,9,16H,8,10-11H2,1-3H3,(H,28,29)(H,31,32). The van der Waals surface area contributed by atoms with Crippen molar-refractivity contribution in [1.29, 1.82) is 0 Å². The molecular formula is C23H23F3N4O4S. The van der Waals surface area contributed by atoms with Crippen LogP contribution >= 0.6 is 11.3 Å². The normalized spacial score (nSPS) is 24.2. The minimum absolute atomic E-state index is 0.00277. The second-order valence-electron chi connectivity index (χ2n) is 8.60. The lowest BCUT2D eigenvalue weighted by atomic mass is 9.82. The SMILES string of the molecule is COC(=O)C1=C(CN2CC(F)(F)CC2C(=O)O)NC(c2ncc(C)s2)=NC1(C)c1ccc(F)cc1. The summed E-state index contributed by atoms with van der Waals surface area (Å²) in [5.74, 6) is -5.58. The van der Waals surface area contributed by atoms with Crippen LogP contribution in [0.25, 0.3) is 0 Å². The highest BCUT2D eigenvalue weighted by Crippen LogP contribution is 2.40. The van der Waals surface area contributed by atoms with Crippen molar-refractivity contribution in [3.05, 3.63) is 63.0 Å². The number of carboxylic acid groups (broad SMARTS) is 1. The number of alkyl halides is 2. The molecule has 0 radical (unpaired) electrons. The number of esters is 1. The Balaban J connectivity index is 1.87. The van der Waals surface area contributed by atoms with Crippen LogP contribution in [0.15, 0.2) is 46.7 Å². The van der Waals surface area contributed by atoms with Crippen LogP contribution in [-0.2, 0) is 19.9 Å². The monoisotopic (exact) mass is 508 g/mol. The number of carbonyl (C=O) groups is 2. The van der Waals surface area contributed by atoms with Crippen molar-refractivity contribution in [2.24, 2.45) is 4.99 Å². The van der Waals surface area contributed by atoms with Gasteiger partial charge in [-0.05, 0) is 31.5 Å². The van der Waals surface area contributed by atoms with Crippen molar-refractivity contribution >= 4 is 29.1 Å².